The molecule has 0 bridgehead atoms. The predicted molar refractivity (Wildman–Crippen MR) is 105 cm³/mol. The highest BCUT2D eigenvalue weighted by Crippen LogP contribution is 2.39. The Bertz CT molecular complexity index is 827. The van der Waals surface area contributed by atoms with Gasteiger partial charge in [-0.25, -0.2) is 0 Å². The zero-order valence-corrected chi connectivity index (χ0v) is 16.1. The molecule has 0 aromatic carbocycles. The molecule has 2 saturated heterocycles. The van der Waals surface area contributed by atoms with Gasteiger partial charge in [-0.3, -0.25) is 19.6 Å². The number of pyridine rings is 2. The molecule has 0 radical (unpaired) electrons. The number of aromatic nitrogens is 2. The molecule has 6 nitrogen and oxygen atoms in total. The highest BCUT2D eigenvalue weighted by molar-refractivity contribution is 5.79. The molecule has 146 valence electrons. The first-order valence-corrected chi connectivity index (χ1v) is 9.97. The van der Waals surface area contributed by atoms with Crippen LogP contribution in [0.1, 0.15) is 36.8 Å². The first kappa shape index (κ1) is 18.6. The second-order valence-electron chi connectivity index (χ2n) is 8.06. The fraction of sp³-hybridized carbons (Fsp3) is 0.455. The molecule has 4 rings (SSSR count). The number of rotatable bonds is 4. The lowest BCUT2D eigenvalue weighted by Gasteiger charge is -2.48. The summed E-state index contributed by atoms with van der Waals surface area (Å²) in [4.78, 5) is 37.5. The van der Waals surface area contributed by atoms with Crippen molar-refractivity contribution in [3.05, 3.63) is 60.2 Å². The number of nitrogens with zero attached hydrogens (tertiary/aromatic N) is 4. The number of carbonyl (C=O) groups excluding carboxylic acids is 2. The van der Waals surface area contributed by atoms with E-state index in [4.69, 9.17) is 0 Å². The summed E-state index contributed by atoms with van der Waals surface area (Å²) in [7, 11) is 0. The molecule has 4 heterocycles. The monoisotopic (exact) mass is 378 g/mol. The lowest BCUT2D eigenvalue weighted by Crippen LogP contribution is -2.55. The SMILES string of the molecule is O=C(Cc1cccnc1)N1CCC[C@@]2(CCC(=O)N(Cc3ccncc3)C2)C1. The summed E-state index contributed by atoms with van der Waals surface area (Å²) in [5.74, 6) is 0.367. The summed E-state index contributed by atoms with van der Waals surface area (Å²) in [5, 5.41) is 0. The molecular formula is C22H26N4O2. The first-order chi connectivity index (χ1) is 13.6. The van der Waals surface area contributed by atoms with Gasteiger partial charge in [0, 0.05) is 62.8 Å². The van der Waals surface area contributed by atoms with Crippen LogP contribution < -0.4 is 0 Å². The van der Waals surface area contributed by atoms with Crippen LogP contribution in [0.3, 0.4) is 0 Å². The molecule has 2 aliphatic heterocycles. The Morgan fingerprint density at radius 2 is 1.89 bits per heavy atom. The van der Waals surface area contributed by atoms with E-state index in [2.05, 4.69) is 9.97 Å². The average molecular weight is 378 g/mol. The third kappa shape index (κ3) is 4.21. The van der Waals surface area contributed by atoms with Crippen molar-refractivity contribution < 1.29 is 9.59 Å². The minimum atomic E-state index is 0.0176. The Morgan fingerprint density at radius 3 is 2.68 bits per heavy atom. The molecule has 1 atom stereocenters. The lowest BCUT2D eigenvalue weighted by molar-refractivity contribution is -0.143. The third-order valence-corrected chi connectivity index (χ3v) is 5.96. The van der Waals surface area contributed by atoms with Crippen molar-refractivity contribution in [1.29, 1.82) is 0 Å². The molecule has 0 saturated carbocycles. The third-order valence-electron chi connectivity index (χ3n) is 5.96. The normalized spacial score (nSPS) is 22.5. The first-order valence-electron chi connectivity index (χ1n) is 9.97. The van der Waals surface area contributed by atoms with Crippen molar-refractivity contribution in [2.75, 3.05) is 19.6 Å². The molecule has 0 unspecified atom stereocenters. The molecule has 6 heteroatoms. The lowest BCUT2D eigenvalue weighted by atomic mass is 9.73. The molecule has 2 amide bonds. The second kappa shape index (κ2) is 8.09. The quantitative estimate of drug-likeness (QED) is 0.820. The molecule has 2 aromatic rings. The van der Waals surface area contributed by atoms with Crippen molar-refractivity contribution in [3.63, 3.8) is 0 Å². The van der Waals surface area contributed by atoms with Crippen molar-refractivity contribution in [3.8, 4) is 0 Å². The molecule has 1 spiro atoms. The van der Waals surface area contributed by atoms with E-state index in [0.29, 0.717) is 19.4 Å². The van der Waals surface area contributed by atoms with E-state index >= 15 is 0 Å². The van der Waals surface area contributed by atoms with E-state index < -0.39 is 0 Å². The summed E-state index contributed by atoms with van der Waals surface area (Å²) in [6.07, 6.45) is 10.9. The summed E-state index contributed by atoms with van der Waals surface area (Å²) in [5.41, 5.74) is 2.06. The smallest absolute Gasteiger partial charge is 0.227 e. The number of amides is 2. The molecule has 0 aliphatic carbocycles. The van der Waals surface area contributed by atoms with Crippen molar-refractivity contribution >= 4 is 11.8 Å². The van der Waals surface area contributed by atoms with Gasteiger partial charge in [0.2, 0.25) is 11.8 Å². The van der Waals surface area contributed by atoms with Crippen LogP contribution in [-0.4, -0.2) is 51.2 Å². The largest absolute Gasteiger partial charge is 0.342 e. The standard InChI is InChI=1S/C22H26N4O2/c27-20-4-8-22(17-26(20)15-18-5-10-23-11-6-18)7-2-12-25(16-22)21(28)13-19-3-1-9-24-14-19/h1,3,5-6,9-11,14H,2,4,7-8,12-13,15-17H2/t22-/m1/s1. The highest BCUT2D eigenvalue weighted by Gasteiger charge is 2.42. The zero-order valence-electron chi connectivity index (χ0n) is 16.1. The van der Waals surface area contributed by atoms with Crippen LogP contribution >= 0.6 is 0 Å². The summed E-state index contributed by atoms with van der Waals surface area (Å²) >= 11 is 0. The fourth-order valence-corrected chi connectivity index (χ4v) is 4.50. The second-order valence-corrected chi connectivity index (χ2v) is 8.06. The summed E-state index contributed by atoms with van der Waals surface area (Å²) < 4.78 is 0. The van der Waals surface area contributed by atoms with Gasteiger partial charge in [-0.2, -0.15) is 0 Å². The maximum absolute atomic E-state index is 12.8. The van der Waals surface area contributed by atoms with Gasteiger partial charge in [0.05, 0.1) is 6.42 Å². The van der Waals surface area contributed by atoms with Gasteiger partial charge < -0.3 is 9.80 Å². The summed E-state index contributed by atoms with van der Waals surface area (Å²) in [6.45, 7) is 2.89. The number of hydrogen-bond donors (Lipinski definition) is 0. The number of piperidine rings is 2. The van der Waals surface area contributed by atoms with Crippen LogP contribution in [-0.2, 0) is 22.6 Å². The average Bonchev–Trinajstić information content (AvgIpc) is 2.73. The van der Waals surface area contributed by atoms with Gasteiger partial charge in [0.15, 0.2) is 0 Å². The summed E-state index contributed by atoms with van der Waals surface area (Å²) in [6, 6.07) is 7.72. The number of carbonyl (C=O) groups is 2. The highest BCUT2D eigenvalue weighted by atomic mass is 16.2. The van der Waals surface area contributed by atoms with E-state index in [1.54, 1.807) is 24.8 Å². The Hall–Kier alpha value is -2.76. The number of likely N-dealkylation sites (tertiary alicyclic amines) is 2. The van der Waals surface area contributed by atoms with Gasteiger partial charge in [-0.1, -0.05) is 6.07 Å². The molecule has 2 fully saturated rings. The minimum absolute atomic E-state index is 0.0176. The van der Waals surface area contributed by atoms with Crippen LogP contribution in [0.15, 0.2) is 49.1 Å². The van der Waals surface area contributed by atoms with Crippen LogP contribution in [0.25, 0.3) is 0 Å². The fourth-order valence-electron chi connectivity index (χ4n) is 4.50. The Morgan fingerprint density at radius 1 is 1.04 bits per heavy atom. The Kier molecular flexibility index (Phi) is 5.37. The predicted octanol–water partition coefficient (Wildman–Crippen LogP) is 2.45. The maximum Gasteiger partial charge on any atom is 0.227 e. The molecular weight excluding hydrogens is 352 g/mol. The molecule has 2 aromatic heterocycles. The van der Waals surface area contributed by atoms with Crippen molar-refractivity contribution in [1.82, 2.24) is 19.8 Å². The van der Waals surface area contributed by atoms with Crippen molar-refractivity contribution in [2.24, 2.45) is 5.41 Å². The molecule has 0 N–H and O–H groups in total. The van der Waals surface area contributed by atoms with E-state index in [1.807, 2.05) is 34.1 Å². The van der Waals surface area contributed by atoms with Gasteiger partial charge in [-0.05, 0) is 48.6 Å². The van der Waals surface area contributed by atoms with Gasteiger partial charge >= 0.3 is 0 Å². The molecule has 28 heavy (non-hydrogen) atoms. The van der Waals surface area contributed by atoms with Gasteiger partial charge in [0.25, 0.3) is 0 Å². The van der Waals surface area contributed by atoms with Crippen LogP contribution in [0.4, 0.5) is 0 Å². The minimum Gasteiger partial charge on any atom is -0.342 e. The molecule has 2 aliphatic rings. The van der Waals surface area contributed by atoms with Gasteiger partial charge in [-0.15, -0.1) is 0 Å². The maximum atomic E-state index is 12.8. The van der Waals surface area contributed by atoms with E-state index in [-0.39, 0.29) is 17.2 Å². The van der Waals surface area contributed by atoms with E-state index in [1.165, 1.54) is 0 Å². The Labute approximate surface area is 165 Å². The van der Waals surface area contributed by atoms with Crippen LogP contribution in [0, 0.1) is 5.41 Å². The van der Waals surface area contributed by atoms with Crippen LogP contribution in [0.2, 0.25) is 0 Å². The van der Waals surface area contributed by atoms with Crippen LogP contribution in [0.5, 0.6) is 0 Å². The van der Waals surface area contributed by atoms with E-state index in [9.17, 15) is 9.59 Å². The zero-order chi connectivity index (χ0) is 19.4. The topological polar surface area (TPSA) is 66.4 Å². The Balaban J connectivity index is 1.43. The van der Waals surface area contributed by atoms with Gasteiger partial charge in [0.1, 0.15) is 0 Å². The number of hydrogen-bond acceptors (Lipinski definition) is 4. The van der Waals surface area contributed by atoms with Crippen molar-refractivity contribution in [2.45, 2.75) is 38.6 Å². The van der Waals surface area contributed by atoms with E-state index in [0.717, 1.165) is 50.0 Å².